The Morgan fingerprint density at radius 1 is 1.10 bits per heavy atom. The summed E-state index contributed by atoms with van der Waals surface area (Å²) < 4.78 is 42.2. The molecule has 0 aromatic heterocycles. The van der Waals surface area contributed by atoms with Crippen LogP contribution in [-0.2, 0) is 14.8 Å². The van der Waals surface area contributed by atoms with E-state index in [4.69, 9.17) is 14.2 Å². The summed E-state index contributed by atoms with van der Waals surface area (Å²) in [7, 11) is 0.598. The molecule has 0 radical (unpaired) electrons. The summed E-state index contributed by atoms with van der Waals surface area (Å²) in [6.07, 6.45) is 2.85. The molecule has 1 amide bonds. The molecular weight excluding hydrogens is 396 g/mol. The van der Waals surface area contributed by atoms with Gasteiger partial charge >= 0.3 is 0 Å². The fourth-order valence-corrected chi connectivity index (χ4v) is 3.76. The molecule has 0 saturated heterocycles. The molecular formula is C20H22N2O6S. The predicted octanol–water partition coefficient (Wildman–Crippen LogP) is 2.37. The van der Waals surface area contributed by atoms with E-state index in [-0.39, 0.29) is 16.6 Å². The number of hydrogen-bond acceptors (Lipinski definition) is 6. The van der Waals surface area contributed by atoms with Crippen molar-refractivity contribution >= 4 is 27.7 Å². The van der Waals surface area contributed by atoms with Crippen molar-refractivity contribution in [2.24, 2.45) is 0 Å². The first-order chi connectivity index (χ1) is 13.8. The molecule has 0 saturated carbocycles. The van der Waals surface area contributed by atoms with Crippen LogP contribution in [0.15, 0.2) is 47.4 Å². The number of ether oxygens (including phenoxy) is 3. The minimum absolute atomic E-state index is 0.0272. The van der Waals surface area contributed by atoms with Crippen LogP contribution in [0.4, 0.5) is 5.69 Å². The van der Waals surface area contributed by atoms with Crippen molar-refractivity contribution in [3.05, 3.63) is 48.0 Å². The molecule has 1 aliphatic heterocycles. The summed E-state index contributed by atoms with van der Waals surface area (Å²) in [6.45, 7) is 0.953. The predicted molar refractivity (Wildman–Crippen MR) is 109 cm³/mol. The largest absolute Gasteiger partial charge is 0.495 e. The van der Waals surface area contributed by atoms with Gasteiger partial charge in [0.2, 0.25) is 15.9 Å². The van der Waals surface area contributed by atoms with Crippen LogP contribution < -0.4 is 19.5 Å². The van der Waals surface area contributed by atoms with Crippen molar-refractivity contribution in [3.63, 3.8) is 0 Å². The van der Waals surface area contributed by atoms with Crippen LogP contribution in [0.25, 0.3) is 6.08 Å². The number of amides is 1. The molecule has 8 nitrogen and oxygen atoms in total. The second-order valence-electron chi connectivity index (χ2n) is 6.38. The third-order valence-electron chi connectivity index (χ3n) is 4.18. The van der Waals surface area contributed by atoms with Crippen molar-refractivity contribution in [2.75, 3.05) is 39.7 Å². The van der Waals surface area contributed by atoms with E-state index in [1.807, 2.05) is 0 Å². The van der Waals surface area contributed by atoms with Gasteiger partial charge in [-0.15, -0.1) is 0 Å². The summed E-state index contributed by atoms with van der Waals surface area (Å²) in [6, 6.07) is 9.82. The smallest absolute Gasteiger partial charge is 0.248 e. The fourth-order valence-electron chi connectivity index (χ4n) is 2.67. The van der Waals surface area contributed by atoms with Crippen LogP contribution in [0, 0.1) is 0 Å². The summed E-state index contributed by atoms with van der Waals surface area (Å²) in [5, 5.41) is 2.74. The van der Waals surface area contributed by atoms with Gasteiger partial charge in [0.25, 0.3) is 0 Å². The van der Waals surface area contributed by atoms with Crippen molar-refractivity contribution in [2.45, 2.75) is 4.90 Å². The molecule has 0 unspecified atom stereocenters. The number of nitrogens with zero attached hydrogens (tertiary/aromatic N) is 1. The Kier molecular flexibility index (Phi) is 6.09. The van der Waals surface area contributed by atoms with Crippen molar-refractivity contribution in [1.82, 2.24) is 4.31 Å². The maximum atomic E-state index is 12.5. The van der Waals surface area contributed by atoms with E-state index in [1.165, 1.54) is 39.4 Å². The number of benzene rings is 2. The lowest BCUT2D eigenvalue weighted by Crippen LogP contribution is -2.22. The minimum Gasteiger partial charge on any atom is -0.495 e. The van der Waals surface area contributed by atoms with Gasteiger partial charge < -0.3 is 19.5 Å². The van der Waals surface area contributed by atoms with Gasteiger partial charge in [-0.05, 0) is 35.9 Å². The number of anilines is 1. The molecule has 9 heteroatoms. The molecule has 0 fully saturated rings. The molecule has 2 aromatic rings. The molecule has 0 aliphatic carbocycles. The first-order valence-electron chi connectivity index (χ1n) is 8.80. The van der Waals surface area contributed by atoms with E-state index in [0.29, 0.717) is 36.0 Å². The van der Waals surface area contributed by atoms with Crippen LogP contribution in [0.5, 0.6) is 17.2 Å². The van der Waals surface area contributed by atoms with E-state index in [9.17, 15) is 13.2 Å². The Hall–Kier alpha value is -3.04. The average molecular weight is 418 g/mol. The summed E-state index contributed by atoms with van der Waals surface area (Å²) in [5.41, 5.74) is 1.11. The second-order valence-corrected chi connectivity index (χ2v) is 8.50. The zero-order valence-corrected chi connectivity index (χ0v) is 17.2. The van der Waals surface area contributed by atoms with Gasteiger partial charge in [-0.25, -0.2) is 12.7 Å². The number of carbonyl (C=O) groups excluding carboxylic acids is 1. The van der Waals surface area contributed by atoms with Crippen LogP contribution in [-0.4, -0.2) is 53.0 Å². The first kappa shape index (κ1) is 20.7. The highest BCUT2D eigenvalue weighted by molar-refractivity contribution is 7.89. The van der Waals surface area contributed by atoms with Crippen LogP contribution >= 0.6 is 0 Å². The Balaban J connectivity index is 1.76. The van der Waals surface area contributed by atoms with E-state index in [1.54, 1.807) is 30.3 Å². The number of hydrogen-bond donors (Lipinski definition) is 1. The maximum absolute atomic E-state index is 12.5. The van der Waals surface area contributed by atoms with E-state index in [2.05, 4.69) is 5.32 Å². The number of nitrogens with one attached hydrogen (secondary N) is 1. The maximum Gasteiger partial charge on any atom is 0.248 e. The third-order valence-corrected chi connectivity index (χ3v) is 6.02. The quantitative estimate of drug-likeness (QED) is 0.724. The molecule has 0 atom stereocenters. The van der Waals surface area contributed by atoms with Crippen LogP contribution in [0.3, 0.4) is 0 Å². The van der Waals surface area contributed by atoms with Crippen molar-refractivity contribution in [3.8, 4) is 17.2 Å². The Bertz CT molecular complexity index is 1050. The van der Waals surface area contributed by atoms with Crippen molar-refractivity contribution < 1.29 is 27.4 Å². The van der Waals surface area contributed by atoms with Crippen LogP contribution in [0.2, 0.25) is 0 Å². The third kappa shape index (κ3) is 4.69. The van der Waals surface area contributed by atoms with Crippen LogP contribution in [0.1, 0.15) is 5.56 Å². The standard InChI is InChI=1S/C20H22N2O6S/c1-22(2)29(24,25)19-12-14(4-7-17(19)26-3)5-9-20(23)21-15-6-8-16-18(13-15)28-11-10-27-16/h4-9,12-13H,10-11H2,1-3H3,(H,21,23)/b9-5+. The summed E-state index contributed by atoms with van der Waals surface area (Å²) >= 11 is 0. The monoisotopic (exact) mass is 418 g/mol. The van der Waals surface area contributed by atoms with Gasteiger partial charge in [-0.2, -0.15) is 0 Å². The number of methoxy groups -OCH3 is 1. The lowest BCUT2D eigenvalue weighted by Gasteiger charge is -2.18. The number of rotatable bonds is 6. The van der Waals surface area contributed by atoms with E-state index < -0.39 is 10.0 Å². The van der Waals surface area contributed by atoms with Crippen molar-refractivity contribution in [1.29, 1.82) is 0 Å². The molecule has 29 heavy (non-hydrogen) atoms. The van der Waals surface area contributed by atoms with E-state index in [0.717, 1.165) is 4.31 Å². The second kappa shape index (κ2) is 8.54. The molecule has 1 heterocycles. The molecule has 1 aliphatic rings. The molecule has 2 aromatic carbocycles. The van der Waals surface area contributed by atoms with Gasteiger partial charge in [0.1, 0.15) is 23.9 Å². The topological polar surface area (TPSA) is 94.2 Å². The van der Waals surface area contributed by atoms with Gasteiger partial charge in [0.15, 0.2) is 11.5 Å². The summed E-state index contributed by atoms with van der Waals surface area (Å²) in [4.78, 5) is 12.3. The first-order valence-corrected chi connectivity index (χ1v) is 10.2. The zero-order valence-electron chi connectivity index (χ0n) is 16.3. The lowest BCUT2D eigenvalue weighted by molar-refractivity contribution is -0.111. The highest BCUT2D eigenvalue weighted by Crippen LogP contribution is 2.32. The SMILES string of the molecule is COc1ccc(/C=C/C(=O)Nc2ccc3c(c2)OCCO3)cc1S(=O)(=O)N(C)C. The Morgan fingerprint density at radius 3 is 2.52 bits per heavy atom. The number of fused-ring (bicyclic) bond motifs is 1. The molecule has 154 valence electrons. The zero-order chi connectivity index (χ0) is 21.0. The molecule has 3 rings (SSSR count). The summed E-state index contributed by atoms with van der Waals surface area (Å²) in [5.74, 6) is 1.08. The van der Waals surface area contributed by atoms with Gasteiger partial charge in [0.05, 0.1) is 7.11 Å². The van der Waals surface area contributed by atoms with Gasteiger partial charge in [-0.1, -0.05) is 6.07 Å². The lowest BCUT2D eigenvalue weighted by atomic mass is 10.2. The minimum atomic E-state index is -3.69. The molecule has 1 N–H and O–H groups in total. The fraction of sp³-hybridized carbons (Fsp3) is 0.250. The Morgan fingerprint density at radius 2 is 1.83 bits per heavy atom. The number of carbonyl (C=O) groups is 1. The Labute approximate surface area is 169 Å². The van der Waals surface area contributed by atoms with Gasteiger partial charge in [-0.3, -0.25) is 4.79 Å². The molecule has 0 spiro atoms. The van der Waals surface area contributed by atoms with E-state index >= 15 is 0 Å². The number of sulfonamides is 1. The average Bonchev–Trinajstić information content (AvgIpc) is 2.71. The highest BCUT2D eigenvalue weighted by Gasteiger charge is 2.22. The van der Waals surface area contributed by atoms with Gasteiger partial charge in [0, 0.05) is 31.9 Å². The highest BCUT2D eigenvalue weighted by atomic mass is 32.2. The normalized spacial score (nSPS) is 13.5. The molecule has 0 bridgehead atoms.